The Morgan fingerprint density at radius 2 is 0.488 bits per heavy atom. The van der Waals surface area contributed by atoms with E-state index in [1.165, 1.54) is 98.4 Å². The monoisotopic (exact) mass is 1070 g/mol. The van der Waals surface area contributed by atoms with Crippen molar-refractivity contribution in [2.45, 2.75) is 0 Å². The summed E-state index contributed by atoms with van der Waals surface area (Å²) in [6.45, 7) is 0. The molecule has 0 saturated carbocycles. The van der Waals surface area contributed by atoms with Gasteiger partial charge in [-0.25, -0.2) is 0 Å². The summed E-state index contributed by atoms with van der Waals surface area (Å²) in [6, 6.07) is 116. The van der Waals surface area contributed by atoms with Gasteiger partial charge in [0, 0.05) is 65.8 Å². The second kappa shape index (κ2) is 19.2. The van der Waals surface area contributed by atoms with Crippen molar-refractivity contribution in [3.05, 3.63) is 315 Å². The Morgan fingerprint density at radius 1 is 0.190 bits per heavy atom. The van der Waals surface area contributed by atoms with E-state index in [9.17, 15) is 0 Å². The van der Waals surface area contributed by atoms with Crippen molar-refractivity contribution < 1.29 is 0 Å². The standard InChI is InChI=1S/C80H52N4/c1-3-19-57(20-4-1)83-75-33-17-13-29-69(75)71-45-39-55(51-79(71)83)61-47-49-77(65-25-9-7-23-63(61)65)82(60-43-37-54(38-44-60)53-35-41-59(42-36-53)81-73-31-15-11-27-67(73)68-28-12-16-32-74(68)81)78-50-48-62(64-24-8-10-26-66(64)78)56-40-46-72-70-30-14-18-34-76(70)84(80(72)52-56)58-21-5-2-6-22-58/h1-52H. The third-order valence-electron chi connectivity index (χ3n) is 17.4. The second-order valence-corrected chi connectivity index (χ2v) is 22.0. The number of benzene rings is 14. The van der Waals surface area contributed by atoms with Crippen LogP contribution in [0.5, 0.6) is 0 Å². The molecule has 392 valence electrons. The molecule has 0 bridgehead atoms. The summed E-state index contributed by atoms with van der Waals surface area (Å²) in [7, 11) is 0. The summed E-state index contributed by atoms with van der Waals surface area (Å²) < 4.78 is 7.20. The molecular formula is C80H52N4. The Labute approximate surface area is 485 Å². The largest absolute Gasteiger partial charge is 0.309 e. The highest BCUT2D eigenvalue weighted by atomic mass is 15.1. The topological polar surface area (TPSA) is 18.0 Å². The Kier molecular flexibility index (Phi) is 10.9. The molecule has 3 heterocycles. The van der Waals surface area contributed by atoms with Crippen molar-refractivity contribution in [3.63, 3.8) is 0 Å². The number of nitrogens with zero attached hydrogens (tertiary/aromatic N) is 4. The van der Waals surface area contributed by atoms with Gasteiger partial charge < -0.3 is 18.6 Å². The van der Waals surface area contributed by atoms with E-state index in [2.05, 4.69) is 334 Å². The first-order valence-corrected chi connectivity index (χ1v) is 28.9. The lowest BCUT2D eigenvalue weighted by atomic mass is 9.93. The zero-order chi connectivity index (χ0) is 55.2. The molecule has 0 radical (unpaired) electrons. The first-order valence-electron chi connectivity index (χ1n) is 28.9. The number of aromatic nitrogens is 3. The first-order chi connectivity index (χ1) is 41.7. The lowest BCUT2D eigenvalue weighted by Gasteiger charge is -2.29. The molecule has 0 unspecified atom stereocenters. The number of rotatable bonds is 9. The molecule has 0 aliphatic carbocycles. The quantitative estimate of drug-likeness (QED) is 0.141. The summed E-state index contributed by atoms with van der Waals surface area (Å²) in [4.78, 5) is 2.49. The van der Waals surface area contributed by atoms with Crippen molar-refractivity contribution in [2.24, 2.45) is 0 Å². The molecule has 0 atom stereocenters. The zero-order valence-electron chi connectivity index (χ0n) is 45.8. The number of hydrogen-bond donors (Lipinski definition) is 0. The summed E-state index contributed by atoms with van der Waals surface area (Å²) in [5.41, 5.74) is 20.9. The minimum absolute atomic E-state index is 1.07. The van der Waals surface area contributed by atoms with Crippen LogP contribution in [-0.2, 0) is 0 Å². The molecule has 3 aromatic heterocycles. The van der Waals surface area contributed by atoms with Crippen molar-refractivity contribution in [3.8, 4) is 50.4 Å². The molecule has 84 heavy (non-hydrogen) atoms. The molecule has 0 aliphatic heterocycles. The second-order valence-electron chi connectivity index (χ2n) is 22.0. The summed E-state index contributed by atoms with van der Waals surface area (Å²) in [6.07, 6.45) is 0. The number of hydrogen-bond acceptors (Lipinski definition) is 1. The van der Waals surface area contributed by atoms with E-state index in [-0.39, 0.29) is 0 Å². The third-order valence-corrected chi connectivity index (χ3v) is 17.4. The highest BCUT2D eigenvalue weighted by Gasteiger charge is 2.23. The minimum Gasteiger partial charge on any atom is -0.309 e. The van der Waals surface area contributed by atoms with Crippen molar-refractivity contribution in [1.29, 1.82) is 0 Å². The van der Waals surface area contributed by atoms with E-state index in [0.717, 1.165) is 56.0 Å². The maximum atomic E-state index is 2.49. The van der Waals surface area contributed by atoms with Crippen LogP contribution in [0.3, 0.4) is 0 Å². The van der Waals surface area contributed by atoms with Crippen molar-refractivity contribution >= 4 is 104 Å². The van der Waals surface area contributed by atoms with Gasteiger partial charge in [-0.2, -0.15) is 0 Å². The maximum Gasteiger partial charge on any atom is 0.0547 e. The zero-order valence-corrected chi connectivity index (χ0v) is 45.8. The Balaban J connectivity index is 0.827. The predicted octanol–water partition coefficient (Wildman–Crippen LogP) is 21.8. The fourth-order valence-corrected chi connectivity index (χ4v) is 13.7. The van der Waals surface area contributed by atoms with Crippen LogP contribution >= 0.6 is 0 Å². The normalized spacial score (nSPS) is 11.8. The van der Waals surface area contributed by atoms with Crippen LogP contribution < -0.4 is 4.90 Å². The summed E-state index contributed by atoms with van der Waals surface area (Å²) >= 11 is 0. The molecule has 0 aliphatic rings. The first kappa shape index (κ1) is 47.6. The average Bonchev–Trinajstić information content (AvgIpc) is 2.94. The van der Waals surface area contributed by atoms with Gasteiger partial charge >= 0.3 is 0 Å². The molecule has 0 N–H and O–H groups in total. The highest BCUT2D eigenvalue weighted by Crippen LogP contribution is 2.48. The van der Waals surface area contributed by atoms with Gasteiger partial charge in [0.2, 0.25) is 0 Å². The van der Waals surface area contributed by atoms with Crippen LogP contribution in [0.25, 0.3) is 137 Å². The average molecular weight is 1070 g/mol. The highest BCUT2D eigenvalue weighted by molar-refractivity contribution is 6.16. The van der Waals surface area contributed by atoms with E-state index in [1.807, 2.05) is 0 Å². The van der Waals surface area contributed by atoms with Gasteiger partial charge in [-0.15, -0.1) is 0 Å². The third kappa shape index (κ3) is 7.48. The molecule has 4 nitrogen and oxygen atoms in total. The van der Waals surface area contributed by atoms with E-state index in [1.54, 1.807) is 0 Å². The van der Waals surface area contributed by atoms with E-state index in [4.69, 9.17) is 0 Å². The summed E-state index contributed by atoms with van der Waals surface area (Å²) in [5.74, 6) is 0. The number of anilines is 3. The fraction of sp³-hybridized carbons (Fsp3) is 0. The van der Waals surface area contributed by atoms with Gasteiger partial charge in [-0.3, -0.25) is 0 Å². The molecule has 0 saturated heterocycles. The summed E-state index contributed by atoms with van der Waals surface area (Å²) in [5, 5.41) is 12.2. The molecule has 17 aromatic rings. The fourth-order valence-electron chi connectivity index (χ4n) is 13.7. The molecule has 0 amide bonds. The molecule has 4 heteroatoms. The number of para-hydroxylation sites is 6. The van der Waals surface area contributed by atoms with Gasteiger partial charge in [0.15, 0.2) is 0 Å². The van der Waals surface area contributed by atoms with Crippen molar-refractivity contribution in [2.75, 3.05) is 4.90 Å². The Bertz CT molecular complexity index is 5120. The van der Waals surface area contributed by atoms with Crippen LogP contribution in [0, 0.1) is 0 Å². The molecular weight excluding hydrogens is 1020 g/mol. The molecule has 14 aromatic carbocycles. The van der Waals surface area contributed by atoms with Crippen LogP contribution in [-0.4, -0.2) is 13.7 Å². The Hall–Kier alpha value is -11.2. The van der Waals surface area contributed by atoms with Gasteiger partial charge in [-0.05, 0) is 141 Å². The molecule has 17 rings (SSSR count). The van der Waals surface area contributed by atoms with Gasteiger partial charge in [0.25, 0.3) is 0 Å². The molecule has 0 spiro atoms. The smallest absolute Gasteiger partial charge is 0.0547 e. The SMILES string of the molecule is c1ccc(-n2c3ccccc3c3ccc(-c4ccc(N(c5ccc(-c6ccc(-n7c8ccccc8c8ccccc87)cc6)cc5)c5ccc(-c6ccc7c8ccccc8n(-c8ccccc8)c7c6)c6ccccc56)c5ccccc45)cc32)cc1. The van der Waals surface area contributed by atoms with Gasteiger partial charge in [0.1, 0.15) is 0 Å². The number of fused-ring (bicyclic) bond motifs is 11. The van der Waals surface area contributed by atoms with E-state index in [0.29, 0.717) is 0 Å². The van der Waals surface area contributed by atoms with Gasteiger partial charge in [0.05, 0.1) is 44.5 Å². The van der Waals surface area contributed by atoms with Crippen molar-refractivity contribution in [1.82, 2.24) is 13.7 Å². The Morgan fingerprint density at radius 3 is 0.893 bits per heavy atom. The maximum absolute atomic E-state index is 2.49. The lowest BCUT2D eigenvalue weighted by Crippen LogP contribution is -2.11. The van der Waals surface area contributed by atoms with Crippen LogP contribution in [0.4, 0.5) is 17.1 Å². The lowest BCUT2D eigenvalue weighted by molar-refractivity contribution is 1.18. The minimum atomic E-state index is 1.07. The van der Waals surface area contributed by atoms with Crippen LogP contribution in [0.2, 0.25) is 0 Å². The van der Waals surface area contributed by atoms with E-state index >= 15 is 0 Å². The predicted molar refractivity (Wildman–Crippen MR) is 355 cm³/mol. The van der Waals surface area contributed by atoms with Crippen LogP contribution in [0.1, 0.15) is 0 Å². The van der Waals surface area contributed by atoms with Gasteiger partial charge in [-0.1, -0.05) is 218 Å². The van der Waals surface area contributed by atoms with Crippen LogP contribution in [0.15, 0.2) is 315 Å². The molecule has 0 fully saturated rings. The van der Waals surface area contributed by atoms with E-state index < -0.39 is 0 Å².